The van der Waals surface area contributed by atoms with Crippen molar-refractivity contribution in [3.8, 4) is 5.75 Å². The molecule has 1 aromatic rings. The lowest BCUT2D eigenvalue weighted by Crippen LogP contribution is -2.34. The van der Waals surface area contributed by atoms with Gasteiger partial charge in [0.15, 0.2) is 0 Å². The molecule has 0 aromatic heterocycles. The fourth-order valence-corrected chi connectivity index (χ4v) is 6.45. The van der Waals surface area contributed by atoms with Crippen LogP contribution in [0.15, 0.2) is 24.3 Å². The number of amides is 1. The minimum atomic E-state index is -2.29. The molecule has 0 aliphatic rings. The molecule has 0 aliphatic heterocycles. The smallest absolute Gasteiger partial charge is 0.253 e. The van der Waals surface area contributed by atoms with Crippen molar-refractivity contribution in [2.24, 2.45) is 0 Å². The zero-order valence-electron chi connectivity index (χ0n) is 14.7. The summed E-state index contributed by atoms with van der Waals surface area (Å²) in [5.74, 6) is 0.649. The Morgan fingerprint density at radius 3 is 1.83 bits per heavy atom. The third-order valence-corrected chi connectivity index (χ3v) is 8.19. The second-order valence-corrected chi connectivity index (χ2v) is 8.79. The van der Waals surface area contributed by atoms with E-state index in [-0.39, 0.29) is 5.91 Å². The van der Waals surface area contributed by atoms with E-state index in [0.717, 1.165) is 37.6 Å². The van der Waals surface area contributed by atoms with E-state index in [4.69, 9.17) is 16.3 Å². The fourth-order valence-electron chi connectivity index (χ4n) is 2.40. The van der Waals surface area contributed by atoms with Crippen LogP contribution in [0.25, 0.3) is 0 Å². The van der Waals surface area contributed by atoms with Gasteiger partial charge in [-0.05, 0) is 36.1 Å². The van der Waals surface area contributed by atoms with Gasteiger partial charge in [0, 0.05) is 38.8 Å². The van der Waals surface area contributed by atoms with Gasteiger partial charge >= 0.3 is 0 Å². The van der Waals surface area contributed by atoms with Crippen LogP contribution in [0.1, 0.15) is 34.6 Å². The molecular formula is C16H28N3O2PS. The molecule has 1 rings (SSSR count). The van der Waals surface area contributed by atoms with Crippen LogP contribution < -0.4 is 9.84 Å². The van der Waals surface area contributed by atoms with Crippen LogP contribution in [0, 0.1) is 0 Å². The zero-order chi connectivity index (χ0) is 17.5. The Morgan fingerprint density at radius 1 is 1.04 bits per heavy atom. The van der Waals surface area contributed by atoms with Gasteiger partial charge in [-0.2, -0.15) is 0 Å². The molecular weight excluding hydrogens is 329 g/mol. The van der Waals surface area contributed by atoms with Crippen molar-refractivity contribution in [2.45, 2.75) is 34.6 Å². The summed E-state index contributed by atoms with van der Waals surface area (Å²) in [7, 11) is 0. The van der Waals surface area contributed by atoms with Crippen molar-refractivity contribution in [3.63, 3.8) is 0 Å². The largest absolute Gasteiger partial charge is 0.441 e. The Bertz CT molecular complexity index is 527. The van der Waals surface area contributed by atoms with E-state index in [0.29, 0.717) is 0 Å². The summed E-state index contributed by atoms with van der Waals surface area (Å²) < 4.78 is 10.8. The average Bonchev–Trinajstić information content (AvgIpc) is 2.51. The van der Waals surface area contributed by atoms with Gasteiger partial charge in [-0.15, -0.1) is 0 Å². The van der Waals surface area contributed by atoms with E-state index in [1.165, 1.54) is 6.92 Å². The van der Waals surface area contributed by atoms with Gasteiger partial charge in [-0.1, -0.05) is 27.7 Å². The van der Waals surface area contributed by atoms with Crippen LogP contribution in [-0.2, 0) is 16.6 Å². The normalized spacial score (nSPS) is 11.8. The summed E-state index contributed by atoms with van der Waals surface area (Å²) >= 11 is 6.00. The summed E-state index contributed by atoms with van der Waals surface area (Å²) in [6, 6.07) is 7.39. The highest BCUT2D eigenvalue weighted by Crippen LogP contribution is 2.54. The minimum Gasteiger partial charge on any atom is -0.441 e. The van der Waals surface area contributed by atoms with Crippen LogP contribution in [0.5, 0.6) is 5.75 Å². The predicted molar refractivity (Wildman–Crippen MR) is 102 cm³/mol. The van der Waals surface area contributed by atoms with E-state index in [9.17, 15) is 4.79 Å². The van der Waals surface area contributed by atoms with Gasteiger partial charge in [0.25, 0.3) is 6.57 Å². The Labute approximate surface area is 145 Å². The molecule has 0 unspecified atom stereocenters. The molecule has 0 bridgehead atoms. The Morgan fingerprint density at radius 2 is 1.48 bits per heavy atom. The van der Waals surface area contributed by atoms with E-state index >= 15 is 0 Å². The third-order valence-electron chi connectivity index (χ3n) is 3.57. The van der Waals surface area contributed by atoms with E-state index in [1.807, 2.05) is 24.3 Å². The summed E-state index contributed by atoms with van der Waals surface area (Å²) in [6.07, 6.45) is 0. The quantitative estimate of drug-likeness (QED) is 0.679. The van der Waals surface area contributed by atoms with Crippen LogP contribution in [-0.4, -0.2) is 41.4 Å². The van der Waals surface area contributed by atoms with Gasteiger partial charge in [-0.25, -0.2) is 9.34 Å². The number of hydrogen-bond acceptors (Lipinski definition) is 3. The molecule has 0 radical (unpaired) electrons. The van der Waals surface area contributed by atoms with Crippen LogP contribution in [0.2, 0.25) is 0 Å². The van der Waals surface area contributed by atoms with E-state index < -0.39 is 6.57 Å². The molecule has 1 amide bonds. The standard InChI is InChI=1S/C16H28N3O2PS/c1-6-18(7-2)22(23,19(8-3)9-4)21-16-12-10-15(11-13-16)17-14(5)20/h10-13H,6-9H2,1-5H3,(H,17,20). The van der Waals surface area contributed by atoms with Gasteiger partial charge in [0.1, 0.15) is 5.75 Å². The Hall–Kier alpha value is -0.940. The van der Waals surface area contributed by atoms with Crippen molar-refractivity contribution >= 4 is 30.0 Å². The first-order valence-corrected chi connectivity index (χ1v) is 10.7. The maximum Gasteiger partial charge on any atom is 0.253 e. The molecule has 1 aromatic carbocycles. The predicted octanol–water partition coefficient (Wildman–Crippen LogP) is 3.93. The molecule has 0 heterocycles. The van der Waals surface area contributed by atoms with Crippen LogP contribution >= 0.6 is 6.57 Å². The van der Waals surface area contributed by atoms with Gasteiger partial charge in [-0.3, -0.25) is 4.79 Å². The second-order valence-electron chi connectivity index (χ2n) is 5.07. The maximum absolute atomic E-state index is 11.1. The summed E-state index contributed by atoms with van der Waals surface area (Å²) in [4.78, 5) is 11.1. The highest BCUT2D eigenvalue weighted by atomic mass is 32.5. The highest BCUT2D eigenvalue weighted by molar-refractivity contribution is 8.10. The molecule has 0 aliphatic carbocycles. The molecule has 23 heavy (non-hydrogen) atoms. The number of carbonyl (C=O) groups excluding carboxylic acids is 1. The Balaban J connectivity index is 3.05. The fraction of sp³-hybridized carbons (Fsp3) is 0.562. The number of nitrogens with one attached hydrogen (secondary N) is 1. The molecule has 0 spiro atoms. The van der Waals surface area contributed by atoms with Gasteiger partial charge in [0.05, 0.1) is 0 Å². The number of nitrogens with zero attached hydrogens (tertiary/aromatic N) is 2. The van der Waals surface area contributed by atoms with Crippen LogP contribution in [0.4, 0.5) is 5.69 Å². The molecule has 0 atom stereocenters. The van der Waals surface area contributed by atoms with Gasteiger partial charge in [0.2, 0.25) is 5.91 Å². The summed E-state index contributed by atoms with van der Waals surface area (Å²) in [5.41, 5.74) is 0.754. The molecule has 0 saturated heterocycles. The van der Waals surface area contributed by atoms with Crippen molar-refractivity contribution in [1.82, 2.24) is 9.34 Å². The topological polar surface area (TPSA) is 44.8 Å². The Kier molecular flexibility index (Phi) is 8.20. The van der Waals surface area contributed by atoms with Crippen molar-refractivity contribution in [1.29, 1.82) is 0 Å². The number of carbonyl (C=O) groups is 1. The number of hydrogen-bond donors (Lipinski definition) is 1. The molecule has 0 saturated carbocycles. The molecule has 1 N–H and O–H groups in total. The summed E-state index contributed by atoms with van der Waals surface area (Å²) in [5, 5.41) is 2.75. The lowest BCUT2D eigenvalue weighted by molar-refractivity contribution is -0.114. The SMILES string of the molecule is CCN(CC)P(=S)(Oc1ccc(NC(C)=O)cc1)N(CC)CC. The zero-order valence-corrected chi connectivity index (χ0v) is 16.4. The molecule has 0 fully saturated rings. The van der Waals surface area contributed by atoms with Crippen molar-refractivity contribution in [2.75, 3.05) is 31.5 Å². The number of benzene rings is 1. The van der Waals surface area contributed by atoms with Crippen LogP contribution in [0.3, 0.4) is 0 Å². The highest BCUT2D eigenvalue weighted by Gasteiger charge is 2.32. The number of anilines is 1. The van der Waals surface area contributed by atoms with Gasteiger partial charge < -0.3 is 9.84 Å². The first-order chi connectivity index (χ1) is 10.9. The molecule has 130 valence electrons. The average molecular weight is 357 g/mol. The van der Waals surface area contributed by atoms with Crippen molar-refractivity contribution in [3.05, 3.63) is 24.3 Å². The lowest BCUT2D eigenvalue weighted by atomic mass is 10.3. The third kappa shape index (κ3) is 5.28. The minimum absolute atomic E-state index is 0.0879. The maximum atomic E-state index is 11.1. The molecule has 7 heteroatoms. The van der Waals surface area contributed by atoms with Crippen molar-refractivity contribution < 1.29 is 9.32 Å². The number of rotatable bonds is 9. The monoisotopic (exact) mass is 357 g/mol. The van der Waals surface area contributed by atoms with E-state index in [1.54, 1.807) is 0 Å². The first kappa shape index (κ1) is 20.1. The summed E-state index contributed by atoms with van der Waals surface area (Å²) in [6.45, 7) is 11.1. The first-order valence-electron chi connectivity index (χ1n) is 8.09. The lowest BCUT2D eigenvalue weighted by Gasteiger charge is -2.40. The molecule has 5 nitrogen and oxygen atoms in total. The van der Waals surface area contributed by atoms with E-state index in [2.05, 4.69) is 42.4 Å². The second kappa shape index (κ2) is 9.38.